The fourth-order valence-corrected chi connectivity index (χ4v) is 5.64. The van der Waals surface area contributed by atoms with Crippen molar-refractivity contribution in [1.82, 2.24) is 18.2 Å². The Balaban J connectivity index is 1.74. The summed E-state index contributed by atoms with van der Waals surface area (Å²) in [6.45, 7) is 0.0550. The van der Waals surface area contributed by atoms with E-state index in [4.69, 9.17) is 0 Å². The van der Waals surface area contributed by atoms with E-state index in [0.29, 0.717) is 34.9 Å². The van der Waals surface area contributed by atoms with E-state index in [1.807, 2.05) is 22.6 Å². The van der Waals surface area contributed by atoms with Crippen LogP contribution in [0.5, 0.6) is 0 Å². The number of alkyl halides is 2. The lowest BCUT2D eigenvalue weighted by atomic mass is 9.61. The molecule has 1 spiro atoms. The highest BCUT2D eigenvalue weighted by molar-refractivity contribution is 14.1. The van der Waals surface area contributed by atoms with Crippen LogP contribution in [0, 0.1) is 8.99 Å². The van der Waals surface area contributed by atoms with Crippen LogP contribution in [0.1, 0.15) is 25.7 Å². The predicted octanol–water partition coefficient (Wildman–Crippen LogP) is 2.71. The van der Waals surface area contributed by atoms with Gasteiger partial charge in [-0.05, 0) is 41.9 Å². The molecule has 0 radical (unpaired) electrons. The maximum absolute atomic E-state index is 14.7. The summed E-state index contributed by atoms with van der Waals surface area (Å²) in [5, 5.41) is 0. The van der Waals surface area contributed by atoms with Crippen molar-refractivity contribution < 1.29 is 17.2 Å². The zero-order chi connectivity index (χ0) is 19.6. The van der Waals surface area contributed by atoms with Crippen molar-refractivity contribution in [1.29, 1.82) is 0 Å². The third kappa shape index (κ3) is 2.84. The minimum Gasteiger partial charge on any atom is -0.349 e. The van der Waals surface area contributed by atoms with Gasteiger partial charge in [0.2, 0.25) is 0 Å². The molecule has 1 saturated heterocycles. The predicted molar refractivity (Wildman–Crippen MR) is 106 cm³/mol. The summed E-state index contributed by atoms with van der Waals surface area (Å²) in [7, 11) is -0.940. The number of fused-ring (bicyclic) bond motifs is 1. The molecule has 1 aliphatic heterocycles. The van der Waals surface area contributed by atoms with E-state index in [9.17, 15) is 17.2 Å². The standard InChI is InChI=1S/C16H20F2IN5O2S/c1-22(2)27(25,26)24-9-11(19)13-14(24)21-12(8-20-13)23-7-6-15(4-3-5-15)16(17,18)10-23/h8-9H,3-7,10H2,1-2H3. The average Bonchev–Trinajstić information content (AvgIpc) is 2.89. The second kappa shape index (κ2) is 6.21. The first-order valence-corrected chi connectivity index (χ1v) is 11.1. The van der Waals surface area contributed by atoms with Crippen LogP contribution in [0.2, 0.25) is 0 Å². The first-order valence-electron chi connectivity index (χ1n) is 8.67. The monoisotopic (exact) mass is 511 g/mol. The van der Waals surface area contributed by atoms with Gasteiger partial charge in [-0.15, -0.1) is 0 Å². The minimum atomic E-state index is -3.79. The SMILES string of the molecule is CN(C)S(=O)(=O)n1cc(I)c2ncc(N3CCC4(CCC4)C(F)(F)C3)nc21. The van der Waals surface area contributed by atoms with E-state index in [-0.39, 0.29) is 11.5 Å². The summed E-state index contributed by atoms with van der Waals surface area (Å²) in [6.07, 6.45) is 5.30. The molecule has 7 nitrogen and oxygen atoms in total. The molecular weight excluding hydrogens is 491 g/mol. The van der Waals surface area contributed by atoms with Crippen molar-refractivity contribution in [2.45, 2.75) is 31.6 Å². The van der Waals surface area contributed by atoms with Gasteiger partial charge in [0.1, 0.15) is 11.3 Å². The highest BCUT2D eigenvalue weighted by Crippen LogP contribution is 2.57. The van der Waals surface area contributed by atoms with Gasteiger partial charge in [0.05, 0.1) is 16.3 Å². The fraction of sp³-hybridized carbons (Fsp3) is 0.625. The number of rotatable bonds is 3. The molecule has 27 heavy (non-hydrogen) atoms. The molecule has 0 atom stereocenters. The lowest BCUT2D eigenvalue weighted by Crippen LogP contribution is -2.58. The van der Waals surface area contributed by atoms with Crippen LogP contribution in [-0.4, -0.2) is 59.8 Å². The van der Waals surface area contributed by atoms with E-state index in [0.717, 1.165) is 14.7 Å². The van der Waals surface area contributed by atoms with Gasteiger partial charge >= 0.3 is 10.2 Å². The topological polar surface area (TPSA) is 71.3 Å². The Morgan fingerprint density at radius 2 is 1.96 bits per heavy atom. The first-order chi connectivity index (χ1) is 12.6. The zero-order valence-corrected chi connectivity index (χ0v) is 18.0. The van der Waals surface area contributed by atoms with Crippen molar-refractivity contribution in [3.05, 3.63) is 16.0 Å². The normalized spacial score (nSPS) is 21.8. The number of halogens is 3. The molecule has 1 aliphatic carbocycles. The maximum atomic E-state index is 14.7. The summed E-state index contributed by atoms with van der Waals surface area (Å²) >= 11 is 1.99. The second-order valence-corrected chi connectivity index (χ2v) is 10.7. The zero-order valence-electron chi connectivity index (χ0n) is 15.0. The molecule has 0 bridgehead atoms. The van der Waals surface area contributed by atoms with Gasteiger partial charge in [-0.1, -0.05) is 6.42 Å². The quantitative estimate of drug-likeness (QED) is 0.593. The molecule has 0 N–H and O–H groups in total. The van der Waals surface area contributed by atoms with Crippen molar-refractivity contribution in [2.75, 3.05) is 32.1 Å². The van der Waals surface area contributed by atoms with Gasteiger partial charge in [0.15, 0.2) is 5.65 Å². The van der Waals surface area contributed by atoms with Crippen molar-refractivity contribution in [3.8, 4) is 0 Å². The number of hydrogen-bond donors (Lipinski definition) is 0. The van der Waals surface area contributed by atoms with Gasteiger partial charge < -0.3 is 4.90 Å². The Morgan fingerprint density at radius 3 is 2.52 bits per heavy atom. The van der Waals surface area contributed by atoms with Gasteiger partial charge in [-0.2, -0.15) is 12.7 Å². The highest BCUT2D eigenvalue weighted by Gasteiger charge is 2.59. The summed E-state index contributed by atoms with van der Waals surface area (Å²) in [5.74, 6) is -2.51. The van der Waals surface area contributed by atoms with E-state index < -0.39 is 28.1 Å². The molecule has 4 rings (SSSR count). The lowest BCUT2D eigenvalue weighted by Gasteiger charge is -2.52. The smallest absolute Gasteiger partial charge is 0.308 e. The summed E-state index contributed by atoms with van der Waals surface area (Å²) in [5.41, 5.74) is -0.285. The average molecular weight is 511 g/mol. The molecule has 0 aromatic carbocycles. The molecule has 148 valence electrons. The Bertz CT molecular complexity index is 1000. The van der Waals surface area contributed by atoms with Crippen LogP contribution in [-0.2, 0) is 10.2 Å². The largest absolute Gasteiger partial charge is 0.349 e. The first kappa shape index (κ1) is 19.2. The molecule has 0 amide bonds. The Kier molecular flexibility index (Phi) is 4.43. The number of aromatic nitrogens is 3. The minimum absolute atomic E-state index is 0.151. The molecule has 0 unspecified atom stereocenters. The highest BCUT2D eigenvalue weighted by atomic mass is 127. The summed E-state index contributed by atoms with van der Waals surface area (Å²) < 4.78 is 57.4. The van der Waals surface area contributed by atoms with Crippen molar-refractivity contribution >= 4 is 49.8 Å². The third-order valence-electron chi connectivity index (χ3n) is 5.78. The molecule has 3 heterocycles. The third-order valence-corrected chi connectivity index (χ3v) is 8.27. The van der Waals surface area contributed by atoms with E-state index in [2.05, 4.69) is 9.97 Å². The summed E-state index contributed by atoms with van der Waals surface area (Å²) in [4.78, 5) is 10.2. The van der Waals surface area contributed by atoms with Gasteiger partial charge in [0.25, 0.3) is 5.92 Å². The molecule has 11 heteroatoms. The Labute approximate surface area is 170 Å². The Hall–Kier alpha value is -1.08. The number of hydrogen-bond acceptors (Lipinski definition) is 5. The molecule has 1 saturated carbocycles. The molecule has 2 aromatic rings. The molecule has 2 fully saturated rings. The molecule has 2 aromatic heterocycles. The second-order valence-electron chi connectivity index (χ2n) is 7.47. The number of piperidine rings is 1. The van der Waals surface area contributed by atoms with Crippen LogP contribution in [0.25, 0.3) is 11.2 Å². The van der Waals surface area contributed by atoms with Crippen molar-refractivity contribution in [3.63, 3.8) is 0 Å². The number of anilines is 1. The maximum Gasteiger partial charge on any atom is 0.308 e. The van der Waals surface area contributed by atoms with Crippen LogP contribution in [0.3, 0.4) is 0 Å². The van der Waals surface area contributed by atoms with Gasteiger partial charge in [-0.3, -0.25) is 0 Å². The fourth-order valence-electron chi connectivity index (χ4n) is 3.86. The molecule has 2 aliphatic rings. The van der Waals surface area contributed by atoms with Crippen LogP contribution in [0.4, 0.5) is 14.6 Å². The van der Waals surface area contributed by atoms with E-state index >= 15 is 0 Å². The van der Waals surface area contributed by atoms with Gasteiger partial charge in [-0.25, -0.2) is 22.7 Å². The summed E-state index contributed by atoms with van der Waals surface area (Å²) in [6, 6.07) is 0. The Morgan fingerprint density at radius 1 is 1.26 bits per heavy atom. The van der Waals surface area contributed by atoms with Crippen LogP contribution < -0.4 is 4.90 Å². The molecular formula is C16H20F2IN5O2S. The lowest BCUT2D eigenvalue weighted by molar-refractivity contribution is -0.169. The van der Waals surface area contributed by atoms with E-state index in [1.54, 1.807) is 0 Å². The van der Waals surface area contributed by atoms with Crippen molar-refractivity contribution in [2.24, 2.45) is 5.41 Å². The van der Waals surface area contributed by atoms with Gasteiger partial charge in [0, 0.05) is 32.3 Å². The number of nitrogens with zero attached hydrogens (tertiary/aromatic N) is 5. The van der Waals surface area contributed by atoms with E-state index in [1.165, 1.54) is 31.4 Å². The van der Waals surface area contributed by atoms with Crippen LogP contribution >= 0.6 is 22.6 Å². The van der Waals surface area contributed by atoms with Crippen LogP contribution in [0.15, 0.2) is 12.4 Å².